The fraction of sp³-hybridized carbons (Fsp3) is 0.217. The Kier molecular flexibility index (Phi) is 4.64. The van der Waals surface area contributed by atoms with Crippen molar-refractivity contribution in [3.8, 4) is 40.5 Å². The lowest BCUT2D eigenvalue weighted by molar-refractivity contribution is 0.174. The van der Waals surface area contributed by atoms with Crippen LogP contribution in [0.2, 0.25) is 0 Å². The molecule has 0 aliphatic carbocycles. The smallest absolute Gasteiger partial charge is 0.244 e. The summed E-state index contributed by atoms with van der Waals surface area (Å²) in [6.45, 7) is 2.79. The molecule has 1 aromatic heterocycles. The Balaban J connectivity index is 1.69. The van der Waals surface area contributed by atoms with Gasteiger partial charge in [0.05, 0.1) is 23.8 Å². The average molecular weight is 416 g/mol. The second-order valence-corrected chi connectivity index (χ2v) is 7.20. The Labute approximate surface area is 178 Å². The zero-order chi connectivity index (χ0) is 21.4. The Morgan fingerprint density at radius 2 is 2.06 bits per heavy atom. The predicted molar refractivity (Wildman–Crippen MR) is 112 cm³/mol. The van der Waals surface area contributed by atoms with E-state index in [4.69, 9.17) is 24.7 Å². The molecule has 0 radical (unpaired) electrons. The van der Waals surface area contributed by atoms with E-state index in [0.29, 0.717) is 41.0 Å². The molecule has 0 saturated heterocycles. The molecule has 0 amide bonds. The first-order valence-corrected chi connectivity index (χ1v) is 9.98. The number of hydrogen-bond donors (Lipinski definition) is 2. The fourth-order valence-corrected chi connectivity index (χ4v) is 3.89. The van der Waals surface area contributed by atoms with Gasteiger partial charge in [-0.25, -0.2) is 0 Å². The number of aromatic nitrogens is 2. The maximum atomic E-state index is 9.94. The maximum absolute atomic E-state index is 9.94. The van der Waals surface area contributed by atoms with Gasteiger partial charge in [-0.3, -0.25) is 5.10 Å². The van der Waals surface area contributed by atoms with E-state index in [1.54, 1.807) is 0 Å². The number of aromatic amines is 1. The second-order valence-electron chi connectivity index (χ2n) is 7.20. The third-order valence-electron chi connectivity index (χ3n) is 5.29. The molecule has 1 unspecified atom stereocenters. The lowest BCUT2D eigenvalue weighted by Crippen LogP contribution is -2.21. The third-order valence-corrected chi connectivity index (χ3v) is 5.29. The number of nitrogens with two attached hydrogens (primary N) is 1. The van der Waals surface area contributed by atoms with Crippen molar-refractivity contribution in [2.45, 2.75) is 19.3 Å². The average Bonchev–Trinajstić information content (AvgIpc) is 3.43. The summed E-state index contributed by atoms with van der Waals surface area (Å²) in [5.41, 5.74) is 9.50. The summed E-state index contributed by atoms with van der Waals surface area (Å²) in [6.07, 6.45) is 0.866. The van der Waals surface area contributed by atoms with Crippen molar-refractivity contribution in [3.05, 3.63) is 65.0 Å². The van der Waals surface area contributed by atoms with Gasteiger partial charge in [-0.05, 0) is 30.7 Å². The molecule has 3 N–H and O–H groups in total. The van der Waals surface area contributed by atoms with Gasteiger partial charge in [-0.1, -0.05) is 25.1 Å². The van der Waals surface area contributed by atoms with Gasteiger partial charge >= 0.3 is 0 Å². The van der Waals surface area contributed by atoms with Crippen LogP contribution in [0.4, 0.5) is 0 Å². The van der Waals surface area contributed by atoms with Gasteiger partial charge in [0.15, 0.2) is 11.5 Å². The highest BCUT2D eigenvalue weighted by Gasteiger charge is 2.37. The molecule has 1 atom stereocenters. The molecular weight excluding hydrogens is 396 g/mol. The lowest BCUT2D eigenvalue weighted by Gasteiger charge is -2.25. The SMILES string of the molecule is CCCOc1ccccc1C1C(C#N)=C(N)Oc2n[nH]c(-c3ccc4c(c3)OCO4)c21. The molecule has 8 heteroatoms. The Morgan fingerprint density at radius 3 is 2.90 bits per heavy atom. The molecule has 31 heavy (non-hydrogen) atoms. The first kappa shape index (κ1) is 18.9. The normalized spacial score (nSPS) is 16.5. The van der Waals surface area contributed by atoms with Crippen LogP contribution in [0.3, 0.4) is 0 Å². The predicted octanol–water partition coefficient (Wildman–Crippen LogP) is 3.81. The number of para-hydroxylation sites is 1. The standard InChI is InChI=1S/C23H20N4O4/c1-2-9-28-16-6-4-3-5-14(16)19-15(11-24)22(25)31-23-20(19)21(26-27-23)13-7-8-17-18(10-13)30-12-29-17/h3-8,10,19H,2,9,12,25H2,1H3,(H,26,27). The maximum Gasteiger partial charge on any atom is 0.244 e. The molecular formula is C23H20N4O4. The first-order valence-electron chi connectivity index (χ1n) is 9.98. The minimum Gasteiger partial charge on any atom is -0.493 e. The quantitative estimate of drug-likeness (QED) is 0.650. The summed E-state index contributed by atoms with van der Waals surface area (Å²) in [4.78, 5) is 0. The van der Waals surface area contributed by atoms with Crippen molar-refractivity contribution < 1.29 is 18.9 Å². The summed E-state index contributed by atoms with van der Waals surface area (Å²) in [6, 6.07) is 15.5. The number of hydrogen-bond acceptors (Lipinski definition) is 7. The number of ether oxygens (including phenoxy) is 4. The summed E-state index contributed by atoms with van der Waals surface area (Å²) in [5.74, 6) is 1.90. The van der Waals surface area contributed by atoms with Gasteiger partial charge in [0, 0.05) is 11.1 Å². The molecule has 2 aliphatic rings. The van der Waals surface area contributed by atoms with Gasteiger partial charge in [-0.2, -0.15) is 5.26 Å². The highest BCUT2D eigenvalue weighted by atomic mass is 16.7. The number of nitrogens with one attached hydrogen (secondary N) is 1. The number of H-pyrrole nitrogens is 1. The van der Waals surface area contributed by atoms with Crippen LogP contribution in [0, 0.1) is 11.3 Å². The monoisotopic (exact) mass is 416 g/mol. The van der Waals surface area contributed by atoms with Gasteiger partial charge in [-0.15, -0.1) is 5.10 Å². The van der Waals surface area contributed by atoms with E-state index in [2.05, 4.69) is 16.3 Å². The van der Waals surface area contributed by atoms with Crippen molar-refractivity contribution in [2.75, 3.05) is 13.4 Å². The van der Waals surface area contributed by atoms with Gasteiger partial charge in [0.1, 0.15) is 17.4 Å². The van der Waals surface area contributed by atoms with Crippen LogP contribution in [0.1, 0.15) is 30.4 Å². The zero-order valence-corrected chi connectivity index (χ0v) is 16.8. The van der Waals surface area contributed by atoms with Crippen molar-refractivity contribution >= 4 is 0 Å². The largest absolute Gasteiger partial charge is 0.493 e. The van der Waals surface area contributed by atoms with Crippen LogP contribution < -0.4 is 24.7 Å². The van der Waals surface area contributed by atoms with Crippen molar-refractivity contribution in [2.24, 2.45) is 5.73 Å². The second kappa shape index (κ2) is 7.61. The summed E-state index contributed by atoms with van der Waals surface area (Å²) in [5, 5.41) is 17.3. The van der Waals surface area contributed by atoms with Gasteiger partial charge in [0.2, 0.25) is 18.6 Å². The molecule has 0 fully saturated rings. The zero-order valence-electron chi connectivity index (χ0n) is 16.8. The van der Waals surface area contributed by atoms with E-state index in [9.17, 15) is 5.26 Å². The van der Waals surface area contributed by atoms with E-state index in [-0.39, 0.29) is 12.7 Å². The highest BCUT2D eigenvalue weighted by molar-refractivity contribution is 5.73. The van der Waals surface area contributed by atoms with E-state index >= 15 is 0 Å². The van der Waals surface area contributed by atoms with Crippen LogP contribution in [0.5, 0.6) is 23.1 Å². The molecule has 3 heterocycles. The number of fused-ring (bicyclic) bond motifs is 2. The number of nitrogens with zero attached hydrogens (tertiary/aromatic N) is 2. The van der Waals surface area contributed by atoms with Crippen LogP contribution >= 0.6 is 0 Å². The topological polar surface area (TPSA) is 115 Å². The highest BCUT2D eigenvalue weighted by Crippen LogP contribution is 2.48. The van der Waals surface area contributed by atoms with E-state index in [0.717, 1.165) is 23.1 Å². The van der Waals surface area contributed by atoms with Crippen LogP contribution in [-0.2, 0) is 0 Å². The van der Waals surface area contributed by atoms with Crippen molar-refractivity contribution in [3.63, 3.8) is 0 Å². The molecule has 0 spiro atoms. The molecule has 3 aromatic rings. The Hall–Kier alpha value is -4.12. The third kappa shape index (κ3) is 3.11. The van der Waals surface area contributed by atoms with Gasteiger partial charge < -0.3 is 24.7 Å². The number of allylic oxidation sites excluding steroid dienone is 1. The number of nitriles is 1. The molecule has 5 rings (SSSR count). The van der Waals surface area contributed by atoms with Gasteiger partial charge in [0.25, 0.3) is 0 Å². The summed E-state index contributed by atoms with van der Waals surface area (Å²) < 4.78 is 22.6. The van der Waals surface area contributed by atoms with E-state index < -0.39 is 5.92 Å². The molecule has 0 saturated carbocycles. The summed E-state index contributed by atoms with van der Waals surface area (Å²) >= 11 is 0. The van der Waals surface area contributed by atoms with Crippen LogP contribution in [-0.4, -0.2) is 23.6 Å². The molecule has 8 nitrogen and oxygen atoms in total. The molecule has 2 aromatic carbocycles. The molecule has 0 bridgehead atoms. The number of benzene rings is 2. The Bertz CT molecular complexity index is 1220. The fourth-order valence-electron chi connectivity index (χ4n) is 3.89. The number of rotatable bonds is 5. The Morgan fingerprint density at radius 1 is 1.23 bits per heavy atom. The summed E-state index contributed by atoms with van der Waals surface area (Å²) in [7, 11) is 0. The first-order chi connectivity index (χ1) is 15.2. The van der Waals surface area contributed by atoms with E-state index in [1.807, 2.05) is 49.4 Å². The van der Waals surface area contributed by atoms with Crippen LogP contribution in [0.15, 0.2) is 53.9 Å². The van der Waals surface area contributed by atoms with E-state index in [1.165, 1.54) is 0 Å². The van der Waals surface area contributed by atoms with Crippen molar-refractivity contribution in [1.82, 2.24) is 10.2 Å². The van der Waals surface area contributed by atoms with Crippen LogP contribution in [0.25, 0.3) is 11.3 Å². The lowest BCUT2D eigenvalue weighted by atomic mass is 9.82. The van der Waals surface area contributed by atoms with Crippen molar-refractivity contribution in [1.29, 1.82) is 5.26 Å². The molecule has 156 valence electrons. The minimum atomic E-state index is -0.499. The molecule has 2 aliphatic heterocycles. The minimum absolute atomic E-state index is 0.0361.